The molecule has 1 aromatic rings. The smallest absolute Gasteiger partial charge is 0.547 e. The summed E-state index contributed by atoms with van der Waals surface area (Å²) in [6.45, 7) is 0. The minimum absolute atomic E-state index is 0. The van der Waals surface area contributed by atoms with Gasteiger partial charge in [0.15, 0.2) is 6.17 Å². The zero-order valence-corrected chi connectivity index (χ0v) is 6.53. The number of aliphatic carboxylic acids is 1. The summed E-state index contributed by atoms with van der Waals surface area (Å²) in [7, 11) is 0. The Hall–Kier alpha value is -0.853. The van der Waals surface area contributed by atoms with Crippen LogP contribution in [-0.2, 0) is 4.79 Å². The molecule has 0 radical (unpaired) electrons. The van der Waals surface area contributed by atoms with Gasteiger partial charge in [-0.05, 0) is 12.1 Å². The SMILES string of the molecule is O=C([O-])C(F)c1ccccn1.[Li+]. The molecule has 1 unspecified atom stereocenters. The first-order chi connectivity index (χ1) is 5.22. The fraction of sp³-hybridized carbons (Fsp3) is 0.143. The van der Waals surface area contributed by atoms with Gasteiger partial charge in [-0.25, -0.2) is 4.39 Å². The van der Waals surface area contributed by atoms with E-state index in [4.69, 9.17) is 0 Å². The van der Waals surface area contributed by atoms with Gasteiger partial charge in [-0.3, -0.25) is 4.98 Å². The van der Waals surface area contributed by atoms with Crippen molar-refractivity contribution in [3.8, 4) is 0 Å². The molecule has 0 N–H and O–H groups in total. The number of nitrogens with zero attached hydrogens (tertiary/aromatic N) is 1. The Morgan fingerprint density at radius 2 is 2.25 bits per heavy atom. The number of alkyl halides is 1. The number of carbonyl (C=O) groups is 1. The second-order valence-corrected chi connectivity index (χ2v) is 1.94. The van der Waals surface area contributed by atoms with Crippen molar-refractivity contribution in [3.63, 3.8) is 0 Å². The van der Waals surface area contributed by atoms with Gasteiger partial charge in [-0.1, -0.05) is 6.07 Å². The molecule has 3 nitrogen and oxygen atoms in total. The Balaban J connectivity index is 0.00000121. The molecule has 1 heterocycles. The molecule has 1 rings (SSSR count). The molecule has 0 aliphatic carbocycles. The monoisotopic (exact) mass is 161 g/mol. The van der Waals surface area contributed by atoms with E-state index in [-0.39, 0.29) is 24.6 Å². The van der Waals surface area contributed by atoms with Gasteiger partial charge in [-0.15, -0.1) is 0 Å². The minimum Gasteiger partial charge on any atom is -0.547 e. The zero-order chi connectivity index (χ0) is 8.27. The van der Waals surface area contributed by atoms with Gasteiger partial charge in [0.1, 0.15) is 0 Å². The summed E-state index contributed by atoms with van der Waals surface area (Å²) in [6.07, 6.45) is -0.804. The van der Waals surface area contributed by atoms with Crippen LogP contribution in [0.3, 0.4) is 0 Å². The van der Waals surface area contributed by atoms with E-state index in [9.17, 15) is 14.3 Å². The van der Waals surface area contributed by atoms with Gasteiger partial charge < -0.3 is 9.90 Å². The minimum atomic E-state index is -2.13. The molecular weight excluding hydrogens is 156 g/mol. The average molecular weight is 161 g/mol. The van der Waals surface area contributed by atoms with Crippen molar-refractivity contribution in [3.05, 3.63) is 30.1 Å². The number of carboxylic acid groups (broad SMARTS) is 1. The fourth-order valence-electron chi connectivity index (χ4n) is 0.647. The van der Waals surface area contributed by atoms with Crippen molar-refractivity contribution in [2.75, 3.05) is 0 Å². The van der Waals surface area contributed by atoms with Gasteiger partial charge in [0.25, 0.3) is 0 Å². The number of halogens is 1. The second-order valence-electron chi connectivity index (χ2n) is 1.94. The number of pyridine rings is 1. The van der Waals surface area contributed by atoms with E-state index < -0.39 is 12.1 Å². The number of carboxylic acids is 1. The Kier molecular flexibility index (Phi) is 4.56. The number of carbonyl (C=O) groups excluding carboxylic acids is 1. The van der Waals surface area contributed by atoms with E-state index in [1.165, 1.54) is 18.3 Å². The maximum absolute atomic E-state index is 12.5. The standard InChI is InChI=1S/C7H6FNO2.Li/c8-6(7(10)11)5-3-1-2-4-9-5;/h1-4,6H,(H,10,11);/q;+1/p-1. The van der Waals surface area contributed by atoms with Gasteiger partial charge in [-0.2, -0.15) is 0 Å². The van der Waals surface area contributed by atoms with Crippen molar-refractivity contribution < 1.29 is 33.2 Å². The first-order valence-corrected chi connectivity index (χ1v) is 2.97. The molecule has 5 heteroatoms. The van der Waals surface area contributed by atoms with Gasteiger partial charge in [0.2, 0.25) is 0 Å². The van der Waals surface area contributed by atoms with Crippen molar-refractivity contribution in [2.24, 2.45) is 0 Å². The summed E-state index contributed by atoms with van der Waals surface area (Å²) >= 11 is 0. The molecule has 0 saturated heterocycles. The quantitative estimate of drug-likeness (QED) is 0.430. The van der Waals surface area contributed by atoms with Crippen LogP contribution >= 0.6 is 0 Å². The van der Waals surface area contributed by atoms with Crippen LogP contribution in [0.1, 0.15) is 11.9 Å². The molecular formula is C7H5FLiNO2. The molecule has 58 valence electrons. The van der Waals surface area contributed by atoms with E-state index >= 15 is 0 Å². The summed E-state index contributed by atoms with van der Waals surface area (Å²) in [4.78, 5) is 13.5. The molecule has 1 aromatic heterocycles. The van der Waals surface area contributed by atoms with E-state index in [0.29, 0.717) is 0 Å². The van der Waals surface area contributed by atoms with E-state index in [1.807, 2.05) is 0 Å². The molecule has 0 saturated carbocycles. The largest absolute Gasteiger partial charge is 1.00 e. The maximum atomic E-state index is 12.5. The number of hydrogen-bond donors (Lipinski definition) is 0. The predicted octanol–water partition coefficient (Wildman–Crippen LogP) is -3.15. The van der Waals surface area contributed by atoms with Crippen LogP contribution in [0.2, 0.25) is 0 Å². The Labute approximate surface area is 80.8 Å². The number of hydrogen-bond acceptors (Lipinski definition) is 3. The van der Waals surface area contributed by atoms with Crippen molar-refractivity contribution >= 4 is 5.97 Å². The topological polar surface area (TPSA) is 53.0 Å². The Bertz CT molecular complexity index is 255. The van der Waals surface area contributed by atoms with Crippen LogP contribution in [0.25, 0.3) is 0 Å². The average Bonchev–Trinajstić information content (AvgIpc) is 2.05. The molecule has 0 aliphatic heterocycles. The molecule has 0 spiro atoms. The zero-order valence-electron chi connectivity index (χ0n) is 6.53. The van der Waals surface area contributed by atoms with Crippen LogP contribution in [0.5, 0.6) is 0 Å². The molecule has 0 aliphatic rings. The number of aromatic nitrogens is 1. The van der Waals surface area contributed by atoms with Gasteiger partial charge in [0, 0.05) is 6.20 Å². The maximum Gasteiger partial charge on any atom is 1.00 e. The summed E-state index contributed by atoms with van der Waals surface area (Å²) in [5.74, 6) is -1.76. The molecule has 0 aromatic carbocycles. The predicted molar refractivity (Wildman–Crippen MR) is 33.1 cm³/mol. The van der Waals surface area contributed by atoms with E-state index in [2.05, 4.69) is 4.98 Å². The van der Waals surface area contributed by atoms with Crippen LogP contribution in [0.4, 0.5) is 4.39 Å². The summed E-state index contributed by atoms with van der Waals surface area (Å²) < 4.78 is 12.5. The number of rotatable bonds is 2. The summed E-state index contributed by atoms with van der Waals surface area (Å²) in [5, 5.41) is 9.97. The molecule has 1 atom stereocenters. The van der Waals surface area contributed by atoms with Crippen molar-refractivity contribution in [1.29, 1.82) is 0 Å². The van der Waals surface area contributed by atoms with Crippen molar-refractivity contribution in [1.82, 2.24) is 4.98 Å². The molecule has 0 bridgehead atoms. The van der Waals surface area contributed by atoms with Crippen LogP contribution < -0.4 is 24.0 Å². The second kappa shape index (κ2) is 4.91. The molecule has 0 fully saturated rings. The summed E-state index contributed by atoms with van der Waals surface area (Å²) in [5.41, 5.74) is -0.132. The third kappa shape index (κ3) is 2.65. The third-order valence-corrected chi connectivity index (χ3v) is 1.15. The fourth-order valence-corrected chi connectivity index (χ4v) is 0.647. The Morgan fingerprint density at radius 3 is 2.67 bits per heavy atom. The normalized spacial score (nSPS) is 11.4. The first-order valence-electron chi connectivity index (χ1n) is 2.97. The first kappa shape index (κ1) is 11.1. The van der Waals surface area contributed by atoms with Crippen LogP contribution in [-0.4, -0.2) is 11.0 Å². The third-order valence-electron chi connectivity index (χ3n) is 1.15. The van der Waals surface area contributed by atoms with E-state index in [1.54, 1.807) is 6.07 Å². The van der Waals surface area contributed by atoms with Crippen molar-refractivity contribution in [2.45, 2.75) is 6.17 Å². The van der Waals surface area contributed by atoms with Crippen LogP contribution in [0, 0.1) is 0 Å². The summed E-state index contributed by atoms with van der Waals surface area (Å²) in [6, 6.07) is 4.38. The molecule has 0 amide bonds. The molecule has 12 heavy (non-hydrogen) atoms. The van der Waals surface area contributed by atoms with Gasteiger partial charge in [0.05, 0.1) is 11.7 Å². The van der Waals surface area contributed by atoms with E-state index in [0.717, 1.165) is 0 Å². The van der Waals surface area contributed by atoms with Crippen LogP contribution in [0.15, 0.2) is 24.4 Å². The Morgan fingerprint density at radius 1 is 1.58 bits per heavy atom. The van der Waals surface area contributed by atoms with Gasteiger partial charge >= 0.3 is 18.9 Å².